The highest BCUT2D eigenvalue weighted by atomic mass is 35.5. The van der Waals surface area contributed by atoms with E-state index in [1.165, 1.54) is 0 Å². The molecule has 1 heterocycles. The Labute approximate surface area is 128 Å². The average Bonchev–Trinajstić information content (AvgIpc) is 2.81. The summed E-state index contributed by atoms with van der Waals surface area (Å²) in [5.74, 6) is -0.303. The van der Waals surface area contributed by atoms with Gasteiger partial charge in [0.15, 0.2) is 6.10 Å². The molecule has 0 radical (unpaired) electrons. The summed E-state index contributed by atoms with van der Waals surface area (Å²) in [5.41, 5.74) is 0.932. The van der Waals surface area contributed by atoms with E-state index in [9.17, 15) is 9.59 Å². The molecule has 2 rings (SSSR count). The van der Waals surface area contributed by atoms with Crippen molar-refractivity contribution in [2.24, 2.45) is 0 Å². The Kier molecular flexibility index (Phi) is 5.07. The van der Waals surface area contributed by atoms with Crippen LogP contribution < -0.4 is 10.1 Å². The molecule has 5 nitrogen and oxygen atoms in total. The van der Waals surface area contributed by atoms with E-state index in [0.717, 1.165) is 5.56 Å². The predicted octanol–water partition coefficient (Wildman–Crippen LogP) is 2.40. The molecule has 0 saturated carbocycles. The van der Waals surface area contributed by atoms with E-state index in [1.54, 1.807) is 18.2 Å². The number of ether oxygens (including phenoxy) is 1. The Balaban J connectivity index is 1.81. The van der Waals surface area contributed by atoms with Crippen LogP contribution >= 0.6 is 11.6 Å². The van der Waals surface area contributed by atoms with Gasteiger partial charge in [-0.2, -0.15) is 0 Å². The van der Waals surface area contributed by atoms with E-state index in [0.29, 0.717) is 30.0 Å². The first-order valence-electron chi connectivity index (χ1n) is 6.93. The summed E-state index contributed by atoms with van der Waals surface area (Å²) < 4.78 is 5.60. The number of hydrogen-bond acceptors (Lipinski definition) is 3. The van der Waals surface area contributed by atoms with Crippen molar-refractivity contribution in [3.05, 3.63) is 28.8 Å². The molecule has 2 atom stereocenters. The van der Waals surface area contributed by atoms with Crippen molar-refractivity contribution in [1.82, 2.24) is 5.32 Å². The zero-order valence-electron chi connectivity index (χ0n) is 11.8. The van der Waals surface area contributed by atoms with Crippen LogP contribution in [-0.2, 0) is 16.0 Å². The number of fused-ring (bicyclic) bond motifs is 1. The van der Waals surface area contributed by atoms with Crippen molar-refractivity contribution in [3.8, 4) is 5.75 Å². The molecule has 1 aromatic rings. The SMILES string of the molecule is CC(CCCC(=O)O)NC(=O)C1Cc2cc(Cl)ccc2O1. The van der Waals surface area contributed by atoms with Crippen LogP contribution in [0.25, 0.3) is 0 Å². The number of aliphatic carboxylic acids is 1. The molecule has 2 unspecified atom stereocenters. The van der Waals surface area contributed by atoms with Gasteiger partial charge < -0.3 is 15.2 Å². The van der Waals surface area contributed by atoms with Crippen molar-refractivity contribution in [3.63, 3.8) is 0 Å². The van der Waals surface area contributed by atoms with Crippen molar-refractivity contribution in [2.45, 2.75) is 44.8 Å². The average molecular weight is 312 g/mol. The molecule has 1 aromatic carbocycles. The summed E-state index contributed by atoms with van der Waals surface area (Å²) >= 11 is 5.91. The second-order valence-electron chi connectivity index (χ2n) is 5.26. The monoisotopic (exact) mass is 311 g/mol. The van der Waals surface area contributed by atoms with Gasteiger partial charge in [0.1, 0.15) is 5.75 Å². The standard InChI is InChI=1S/C15H18ClNO4/c1-9(3-2-4-14(18)19)17-15(20)13-8-10-7-11(16)5-6-12(10)21-13/h5-7,9,13H,2-4,8H2,1H3,(H,17,20)(H,18,19). The van der Waals surface area contributed by atoms with E-state index in [1.807, 2.05) is 6.92 Å². The molecule has 0 aromatic heterocycles. The Morgan fingerprint density at radius 3 is 3.00 bits per heavy atom. The Bertz CT molecular complexity index is 546. The maximum absolute atomic E-state index is 12.1. The lowest BCUT2D eigenvalue weighted by Gasteiger charge is -2.16. The highest BCUT2D eigenvalue weighted by Gasteiger charge is 2.29. The molecule has 0 fully saturated rings. The van der Waals surface area contributed by atoms with E-state index in [4.69, 9.17) is 21.4 Å². The van der Waals surface area contributed by atoms with Gasteiger partial charge in [0, 0.05) is 23.9 Å². The number of rotatable bonds is 6. The van der Waals surface area contributed by atoms with Crippen LogP contribution in [0.4, 0.5) is 0 Å². The maximum Gasteiger partial charge on any atom is 0.303 e. The molecular formula is C15H18ClNO4. The highest BCUT2D eigenvalue weighted by Crippen LogP contribution is 2.31. The normalized spacial score (nSPS) is 17.7. The van der Waals surface area contributed by atoms with Gasteiger partial charge in [0.25, 0.3) is 5.91 Å². The first-order valence-corrected chi connectivity index (χ1v) is 7.30. The summed E-state index contributed by atoms with van der Waals surface area (Å²) in [4.78, 5) is 22.6. The van der Waals surface area contributed by atoms with Crippen LogP contribution in [0.15, 0.2) is 18.2 Å². The molecule has 0 spiro atoms. The fraction of sp³-hybridized carbons (Fsp3) is 0.467. The minimum absolute atomic E-state index is 0.0762. The lowest BCUT2D eigenvalue weighted by atomic mass is 10.1. The summed E-state index contributed by atoms with van der Waals surface area (Å²) in [6.07, 6.45) is 1.25. The molecule has 1 aliphatic heterocycles. The van der Waals surface area contributed by atoms with Gasteiger partial charge in [-0.15, -0.1) is 0 Å². The number of carboxylic acid groups (broad SMARTS) is 1. The molecule has 0 aliphatic carbocycles. The maximum atomic E-state index is 12.1. The fourth-order valence-corrected chi connectivity index (χ4v) is 2.53. The molecule has 114 valence electrons. The fourth-order valence-electron chi connectivity index (χ4n) is 2.33. The minimum Gasteiger partial charge on any atom is -0.481 e. The first kappa shape index (κ1) is 15.6. The zero-order chi connectivity index (χ0) is 15.4. The van der Waals surface area contributed by atoms with Crippen LogP contribution in [0.3, 0.4) is 0 Å². The molecule has 21 heavy (non-hydrogen) atoms. The lowest BCUT2D eigenvalue weighted by Crippen LogP contribution is -2.42. The van der Waals surface area contributed by atoms with E-state index >= 15 is 0 Å². The van der Waals surface area contributed by atoms with Crippen LogP contribution in [0.1, 0.15) is 31.7 Å². The van der Waals surface area contributed by atoms with Crippen LogP contribution in [0.2, 0.25) is 5.02 Å². The van der Waals surface area contributed by atoms with Gasteiger partial charge in [-0.25, -0.2) is 0 Å². The number of halogens is 1. The summed E-state index contributed by atoms with van der Waals surface area (Å²) in [5, 5.41) is 12.1. The van der Waals surface area contributed by atoms with Crippen LogP contribution in [-0.4, -0.2) is 29.1 Å². The molecule has 1 amide bonds. The summed E-state index contributed by atoms with van der Waals surface area (Å²) in [6, 6.07) is 5.23. The van der Waals surface area contributed by atoms with Gasteiger partial charge in [0.05, 0.1) is 0 Å². The summed E-state index contributed by atoms with van der Waals surface area (Å²) in [6.45, 7) is 1.86. The summed E-state index contributed by atoms with van der Waals surface area (Å²) in [7, 11) is 0. The van der Waals surface area contributed by atoms with Crippen molar-refractivity contribution < 1.29 is 19.4 Å². The van der Waals surface area contributed by atoms with Gasteiger partial charge in [0.2, 0.25) is 0 Å². The first-order chi connectivity index (χ1) is 9.95. The second kappa shape index (κ2) is 6.80. The van der Waals surface area contributed by atoms with Gasteiger partial charge in [-0.3, -0.25) is 9.59 Å². The van der Waals surface area contributed by atoms with Gasteiger partial charge in [-0.05, 0) is 43.5 Å². The van der Waals surface area contributed by atoms with Crippen molar-refractivity contribution >= 4 is 23.5 Å². The quantitative estimate of drug-likeness (QED) is 0.846. The van der Waals surface area contributed by atoms with E-state index in [2.05, 4.69) is 5.32 Å². The smallest absolute Gasteiger partial charge is 0.303 e. The number of nitrogens with one attached hydrogen (secondary N) is 1. The number of carbonyl (C=O) groups is 2. The van der Waals surface area contributed by atoms with Gasteiger partial charge >= 0.3 is 5.97 Å². The predicted molar refractivity (Wildman–Crippen MR) is 78.7 cm³/mol. The topological polar surface area (TPSA) is 75.6 Å². The van der Waals surface area contributed by atoms with E-state index in [-0.39, 0.29) is 18.4 Å². The number of carbonyl (C=O) groups excluding carboxylic acids is 1. The molecule has 6 heteroatoms. The van der Waals surface area contributed by atoms with E-state index < -0.39 is 12.1 Å². The number of amides is 1. The number of carboxylic acids is 1. The Morgan fingerprint density at radius 2 is 2.29 bits per heavy atom. The third-order valence-electron chi connectivity index (χ3n) is 3.41. The van der Waals surface area contributed by atoms with Crippen molar-refractivity contribution in [2.75, 3.05) is 0 Å². The molecule has 2 N–H and O–H groups in total. The Morgan fingerprint density at radius 1 is 1.52 bits per heavy atom. The highest BCUT2D eigenvalue weighted by molar-refractivity contribution is 6.30. The largest absolute Gasteiger partial charge is 0.481 e. The molecular weight excluding hydrogens is 294 g/mol. The van der Waals surface area contributed by atoms with Crippen LogP contribution in [0, 0.1) is 0 Å². The minimum atomic E-state index is -0.819. The third kappa shape index (κ3) is 4.36. The van der Waals surface area contributed by atoms with Crippen LogP contribution in [0.5, 0.6) is 5.75 Å². The van der Waals surface area contributed by atoms with Gasteiger partial charge in [-0.1, -0.05) is 11.6 Å². The molecule has 0 bridgehead atoms. The third-order valence-corrected chi connectivity index (χ3v) is 3.64. The zero-order valence-corrected chi connectivity index (χ0v) is 12.5. The van der Waals surface area contributed by atoms with Crippen molar-refractivity contribution in [1.29, 1.82) is 0 Å². The second-order valence-corrected chi connectivity index (χ2v) is 5.69. The molecule has 1 aliphatic rings. The Hall–Kier alpha value is -1.75. The number of benzene rings is 1. The molecule has 0 saturated heterocycles. The lowest BCUT2D eigenvalue weighted by molar-refractivity contribution is -0.137. The number of hydrogen-bond donors (Lipinski definition) is 2.